The summed E-state index contributed by atoms with van der Waals surface area (Å²) in [7, 11) is 0. The molecule has 0 spiro atoms. The van der Waals surface area contributed by atoms with E-state index in [9.17, 15) is 0 Å². The van der Waals surface area contributed by atoms with Crippen LogP contribution >= 0.6 is 11.8 Å². The van der Waals surface area contributed by atoms with Crippen molar-refractivity contribution in [1.29, 1.82) is 0 Å². The Morgan fingerprint density at radius 3 is 3.18 bits per heavy atom. The molecule has 0 aromatic carbocycles. The largest absolute Gasteiger partial charge is 0.336 e. The monoisotopic (exact) mass is 170 g/mol. The predicted molar refractivity (Wildman–Crippen MR) is 45.7 cm³/mol. The second-order valence-corrected chi connectivity index (χ2v) is 3.01. The number of hydrogen-bond donors (Lipinski definition) is 1. The van der Waals surface area contributed by atoms with Crippen LogP contribution in [0.5, 0.6) is 0 Å². The lowest BCUT2D eigenvalue weighted by molar-refractivity contribution is 0.845. The number of aromatic nitrogens is 3. The maximum atomic E-state index is 5.47. The molecule has 0 aliphatic rings. The molecule has 0 aliphatic carbocycles. The molecule has 0 radical (unpaired) electrons. The highest BCUT2D eigenvalue weighted by Gasteiger charge is 1.99. The molecule has 60 valence electrons. The van der Waals surface area contributed by atoms with Crippen molar-refractivity contribution in [3.63, 3.8) is 0 Å². The van der Waals surface area contributed by atoms with E-state index < -0.39 is 0 Å². The van der Waals surface area contributed by atoms with Crippen molar-refractivity contribution < 1.29 is 0 Å². The summed E-state index contributed by atoms with van der Waals surface area (Å²) in [5.74, 6) is 6.41. The van der Waals surface area contributed by atoms with Crippen LogP contribution in [0.3, 0.4) is 0 Å². The first kappa shape index (κ1) is 8.13. The predicted octanol–water partition coefficient (Wildman–Crippen LogP) is 0.660. The smallest absolute Gasteiger partial charge is 0.209 e. The molecule has 1 aromatic rings. The van der Waals surface area contributed by atoms with Crippen LogP contribution in [-0.2, 0) is 0 Å². The Hall–Kier alpha value is -0.970. The molecule has 0 aliphatic heterocycles. The van der Waals surface area contributed by atoms with Crippen LogP contribution in [0, 0.1) is 0 Å². The van der Waals surface area contributed by atoms with Crippen LogP contribution in [0.15, 0.2) is 24.1 Å². The van der Waals surface area contributed by atoms with Gasteiger partial charge in [0.05, 0.1) is 0 Å². The molecule has 11 heavy (non-hydrogen) atoms. The molecular formula is C6H10N4S. The highest BCUT2D eigenvalue weighted by atomic mass is 32.2. The first-order valence-corrected chi connectivity index (χ1v) is 4.22. The summed E-state index contributed by atoms with van der Waals surface area (Å²) in [6.07, 6.45) is 4.30. The molecule has 1 aromatic heterocycles. The Morgan fingerprint density at radius 1 is 1.82 bits per heavy atom. The number of hydrogen-bond acceptors (Lipinski definition) is 4. The van der Waals surface area contributed by atoms with E-state index in [1.165, 1.54) is 11.0 Å². The maximum absolute atomic E-state index is 5.47. The van der Waals surface area contributed by atoms with Gasteiger partial charge in [0.25, 0.3) is 0 Å². The Morgan fingerprint density at radius 2 is 2.64 bits per heavy atom. The highest BCUT2D eigenvalue weighted by molar-refractivity contribution is 7.99. The van der Waals surface area contributed by atoms with E-state index in [1.54, 1.807) is 11.8 Å². The summed E-state index contributed by atoms with van der Waals surface area (Å²) in [4.78, 5) is 0. The van der Waals surface area contributed by atoms with Gasteiger partial charge in [-0.05, 0) is 6.42 Å². The third-order valence-corrected chi connectivity index (χ3v) is 2.08. The summed E-state index contributed by atoms with van der Waals surface area (Å²) in [6, 6.07) is 0. The SMILES string of the molecule is C=CCCSc1nncn1N. The van der Waals surface area contributed by atoms with Crippen LogP contribution < -0.4 is 5.84 Å². The van der Waals surface area contributed by atoms with E-state index in [2.05, 4.69) is 16.8 Å². The fraction of sp³-hybridized carbons (Fsp3) is 0.333. The summed E-state index contributed by atoms with van der Waals surface area (Å²) >= 11 is 1.57. The normalized spacial score (nSPS) is 9.82. The Labute approximate surface area is 69.5 Å². The number of nitrogens with zero attached hydrogens (tertiary/aromatic N) is 3. The van der Waals surface area contributed by atoms with Crippen molar-refractivity contribution >= 4 is 11.8 Å². The van der Waals surface area contributed by atoms with E-state index in [0.717, 1.165) is 17.3 Å². The molecule has 0 unspecified atom stereocenters. The Balaban J connectivity index is 2.38. The van der Waals surface area contributed by atoms with Crippen molar-refractivity contribution in [2.24, 2.45) is 0 Å². The zero-order valence-corrected chi connectivity index (χ0v) is 6.92. The van der Waals surface area contributed by atoms with Gasteiger partial charge in [0.15, 0.2) is 0 Å². The van der Waals surface area contributed by atoms with Gasteiger partial charge in [-0.15, -0.1) is 16.8 Å². The van der Waals surface area contributed by atoms with Gasteiger partial charge in [0.1, 0.15) is 6.33 Å². The molecule has 2 N–H and O–H groups in total. The molecular weight excluding hydrogens is 160 g/mol. The van der Waals surface area contributed by atoms with Gasteiger partial charge in [-0.3, -0.25) is 0 Å². The van der Waals surface area contributed by atoms with Crippen molar-refractivity contribution in [3.8, 4) is 0 Å². The standard InChI is InChI=1S/C6H10N4S/c1-2-3-4-11-6-9-8-5-10(6)7/h2,5H,1,3-4,7H2. The van der Waals surface area contributed by atoms with Crippen molar-refractivity contribution in [1.82, 2.24) is 14.9 Å². The van der Waals surface area contributed by atoms with Gasteiger partial charge in [0, 0.05) is 5.75 Å². The molecule has 1 rings (SSSR count). The lowest BCUT2D eigenvalue weighted by Gasteiger charge is -1.96. The fourth-order valence-electron chi connectivity index (χ4n) is 0.569. The van der Waals surface area contributed by atoms with E-state index in [4.69, 9.17) is 5.84 Å². The third-order valence-electron chi connectivity index (χ3n) is 1.09. The van der Waals surface area contributed by atoms with Gasteiger partial charge >= 0.3 is 0 Å². The quantitative estimate of drug-likeness (QED) is 0.312. The summed E-state index contributed by atoms with van der Waals surface area (Å²) in [5.41, 5.74) is 0. The second kappa shape index (κ2) is 4.02. The zero-order valence-electron chi connectivity index (χ0n) is 6.10. The Bertz CT molecular complexity index is 232. The molecule has 0 atom stereocenters. The molecule has 0 bridgehead atoms. The van der Waals surface area contributed by atoms with Crippen LogP contribution in [0.1, 0.15) is 6.42 Å². The molecule has 0 saturated heterocycles. The van der Waals surface area contributed by atoms with E-state index in [-0.39, 0.29) is 0 Å². The number of nitrogens with two attached hydrogens (primary N) is 1. The molecule has 0 fully saturated rings. The fourth-order valence-corrected chi connectivity index (χ4v) is 1.34. The van der Waals surface area contributed by atoms with Crippen LogP contribution in [0.2, 0.25) is 0 Å². The summed E-state index contributed by atoms with van der Waals surface area (Å²) in [6.45, 7) is 3.61. The first-order valence-electron chi connectivity index (χ1n) is 3.23. The third kappa shape index (κ3) is 2.27. The molecule has 1 heterocycles. The van der Waals surface area contributed by atoms with Gasteiger partial charge in [0.2, 0.25) is 5.16 Å². The molecule has 0 amide bonds. The second-order valence-electron chi connectivity index (χ2n) is 1.95. The van der Waals surface area contributed by atoms with Crippen molar-refractivity contribution in [2.45, 2.75) is 11.6 Å². The number of rotatable bonds is 4. The lowest BCUT2D eigenvalue weighted by Crippen LogP contribution is -2.07. The van der Waals surface area contributed by atoms with Gasteiger partial charge in [-0.2, -0.15) is 0 Å². The van der Waals surface area contributed by atoms with Crippen LogP contribution in [0.4, 0.5) is 0 Å². The minimum atomic E-state index is 0.742. The highest BCUT2D eigenvalue weighted by Crippen LogP contribution is 2.12. The lowest BCUT2D eigenvalue weighted by atomic mass is 10.5. The minimum absolute atomic E-state index is 0.742. The van der Waals surface area contributed by atoms with Gasteiger partial charge < -0.3 is 5.84 Å². The molecule has 5 heteroatoms. The maximum Gasteiger partial charge on any atom is 0.209 e. The summed E-state index contributed by atoms with van der Waals surface area (Å²) in [5, 5.41) is 8.19. The van der Waals surface area contributed by atoms with E-state index >= 15 is 0 Å². The average molecular weight is 170 g/mol. The van der Waals surface area contributed by atoms with Gasteiger partial charge in [-0.25, -0.2) is 4.68 Å². The van der Waals surface area contributed by atoms with E-state index in [1.807, 2.05) is 6.08 Å². The number of thioether (sulfide) groups is 1. The van der Waals surface area contributed by atoms with E-state index in [0.29, 0.717) is 0 Å². The Kier molecular flexibility index (Phi) is 2.97. The van der Waals surface area contributed by atoms with Crippen LogP contribution in [-0.4, -0.2) is 20.6 Å². The van der Waals surface area contributed by atoms with Crippen molar-refractivity contribution in [3.05, 3.63) is 19.0 Å². The van der Waals surface area contributed by atoms with Crippen molar-refractivity contribution in [2.75, 3.05) is 11.6 Å². The molecule has 4 nitrogen and oxygen atoms in total. The topological polar surface area (TPSA) is 56.7 Å². The van der Waals surface area contributed by atoms with Crippen LogP contribution in [0.25, 0.3) is 0 Å². The summed E-state index contributed by atoms with van der Waals surface area (Å²) < 4.78 is 1.41. The first-order chi connectivity index (χ1) is 5.34. The zero-order chi connectivity index (χ0) is 8.10. The average Bonchev–Trinajstić information content (AvgIpc) is 2.37. The molecule has 0 saturated carbocycles. The minimum Gasteiger partial charge on any atom is -0.336 e. The number of nitrogen functional groups attached to an aromatic ring is 1. The number of allylic oxidation sites excluding steroid dienone is 1. The van der Waals surface area contributed by atoms with Gasteiger partial charge in [-0.1, -0.05) is 17.8 Å².